The molecule has 0 aliphatic carbocycles. The van der Waals surface area contributed by atoms with E-state index in [0.717, 1.165) is 18.5 Å². The van der Waals surface area contributed by atoms with E-state index in [9.17, 15) is 14.5 Å². The zero-order valence-electron chi connectivity index (χ0n) is 9.21. The van der Waals surface area contributed by atoms with Crippen LogP contribution in [0, 0.1) is 15.9 Å². The smallest absolute Gasteiger partial charge is 0.372 e. The number of benzene rings is 1. The number of aromatic nitrogens is 2. The first-order valence-electron chi connectivity index (χ1n) is 4.87. The highest BCUT2D eigenvalue weighted by atomic mass is 35.5. The Morgan fingerprint density at radius 2 is 2.16 bits per heavy atom. The van der Waals surface area contributed by atoms with Crippen LogP contribution in [-0.2, 0) is 0 Å². The lowest BCUT2D eigenvalue weighted by Crippen LogP contribution is -2.02. The summed E-state index contributed by atoms with van der Waals surface area (Å²) in [5, 5.41) is 10.8. The van der Waals surface area contributed by atoms with Crippen LogP contribution in [0.3, 0.4) is 0 Å². The Balaban J connectivity index is 2.44. The highest BCUT2D eigenvalue weighted by Gasteiger charge is 2.23. The fourth-order valence-electron chi connectivity index (χ4n) is 1.28. The summed E-state index contributed by atoms with van der Waals surface area (Å²) >= 11 is 5.74. The number of hydrogen-bond acceptors (Lipinski definition) is 6. The Morgan fingerprint density at radius 3 is 2.79 bits per heavy atom. The molecule has 0 amide bonds. The number of nitrogens with two attached hydrogens (primary N) is 1. The second-order valence-corrected chi connectivity index (χ2v) is 3.75. The van der Waals surface area contributed by atoms with E-state index >= 15 is 0 Å². The lowest BCUT2D eigenvalue weighted by atomic mass is 10.3. The van der Waals surface area contributed by atoms with Gasteiger partial charge in [-0.15, -0.1) is 0 Å². The summed E-state index contributed by atoms with van der Waals surface area (Å²) in [6.07, 6.45) is 1.01. The molecule has 2 aromatic rings. The minimum absolute atomic E-state index is 0.0178. The Kier molecular flexibility index (Phi) is 3.43. The van der Waals surface area contributed by atoms with Gasteiger partial charge < -0.3 is 10.5 Å². The summed E-state index contributed by atoms with van der Waals surface area (Å²) in [6, 6.07) is 3.32. The molecule has 2 N–H and O–H groups in total. The van der Waals surface area contributed by atoms with Crippen molar-refractivity contribution in [1.29, 1.82) is 0 Å². The van der Waals surface area contributed by atoms with Crippen LogP contribution in [0.5, 0.6) is 11.6 Å². The maximum absolute atomic E-state index is 12.9. The highest BCUT2D eigenvalue weighted by Crippen LogP contribution is 2.35. The molecule has 0 radical (unpaired) electrons. The summed E-state index contributed by atoms with van der Waals surface area (Å²) in [6.45, 7) is 0. The molecular formula is C10H6ClFN4O3. The van der Waals surface area contributed by atoms with Gasteiger partial charge in [0.25, 0.3) is 0 Å². The van der Waals surface area contributed by atoms with E-state index in [1.807, 2.05) is 0 Å². The predicted molar refractivity (Wildman–Crippen MR) is 64.6 cm³/mol. The van der Waals surface area contributed by atoms with Crippen LogP contribution in [0.4, 0.5) is 15.9 Å². The van der Waals surface area contributed by atoms with Crippen LogP contribution in [0.25, 0.3) is 0 Å². The molecule has 1 aromatic carbocycles. The minimum atomic E-state index is -0.776. The zero-order valence-corrected chi connectivity index (χ0v) is 9.96. The van der Waals surface area contributed by atoms with Crippen molar-refractivity contribution in [1.82, 2.24) is 9.97 Å². The fourth-order valence-corrected chi connectivity index (χ4v) is 1.49. The number of nitro groups is 1. The van der Waals surface area contributed by atoms with Gasteiger partial charge in [-0.1, -0.05) is 11.6 Å². The third kappa shape index (κ3) is 2.68. The second kappa shape index (κ2) is 5.02. The summed E-state index contributed by atoms with van der Waals surface area (Å²) in [4.78, 5) is 17.2. The first-order valence-corrected chi connectivity index (χ1v) is 5.24. The number of nitrogen functional groups attached to an aromatic ring is 1. The molecule has 0 saturated carbocycles. The quantitative estimate of drug-likeness (QED) is 0.686. The molecule has 0 saturated heterocycles. The maximum atomic E-state index is 12.9. The molecule has 19 heavy (non-hydrogen) atoms. The molecular weight excluding hydrogens is 279 g/mol. The molecule has 1 aromatic heterocycles. The van der Waals surface area contributed by atoms with Gasteiger partial charge >= 0.3 is 11.6 Å². The van der Waals surface area contributed by atoms with Crippen molar-refractivity contribution in [2.24, 2.45) is 0 Å². The molecule has 1 heterocycles. The van der Waals surface area contributed by atoms with Gasteiger partial charge in [-0.2, -0.15) is 4.98 Å². The summed E-state index contributed by atoms with van der Waals surface area (Å²) in [5.74, 6) is -1.25. The average molecular weight is 285 g/mol. The average Bonchev–Trinajstić information content (AvgIpc) is 2.32. The Hall–Kier alpha value is -2.48. The topological polar surface area (TPSA) is 104 Å². The number of nitrogens with zero attached hydrogens (tertiary/aromatic N) is 3. The molecule has 0 spiro atoms. The highest BCUT2D eigenvalue weighted by molar-refractivity contribution is 6.32. The van der Waals surface area contributed by atoms with Gasteiger partial charge in [-0.25, -0.2) is 9.37 Å². The second-order valence-electron chi connectivity index (χ2n) is 3.35. The molecule has 98 valence electrons. The van der Waals surface area contributed by atoms with Crippen molar-refractivity contribution in [2.75, 3.05) is 5.73 Å². The summed E-state index contributed by atoms with van der Waals surface area (Å²) in [5.41, 5.74) is 4.79. The van der Waals surface area contributed by atoms with Crippen LogP contribution >= 0.6 is 11.6 Å². The van der Waals surface area contributed by atoms with Crippen molar-refractivity contribution in [3.8, 4) is 11.6 Å². The van der Waals surface area contributed by atoms with Crippen LogP contribution in [-0.4, -0.2) is 14.9 Å². The molecule has 0 unspecified atom stereocenters. The fraction of sp³-hybridized carbons (Fsp3) is 0. The van der Waals surface area contributed by atoms with E-state index in [2.05, 4.69) is 9.97 Å². The molecule has 0 fully saturated rings. The predicted octanol–water partition coefficient (Wildman–Crippen LogP) is 2.55. The number of ether oxygens (including phenoxy) is 1. The van der Waals surface area contributed by atoms with Crippen LogP contribution in [0.15, 0.2) is 24.5 Å². The molecule has 9 heteroatoms. The van der Waals surface area contributed by atoms with Gasteiger partial charge in [0.2, 0.25) is 5.82 Å². The van der Waals surface area contributed by atoms with E-state index < -0.39 is 16.4 Å². The first-order chi connectivity index (χ1) is 8.99. The van der Waals surface area contributed by atoms with Gasteiger partial charge in [0, 0.05) is 0 Å². The molecule has 0 atom stereocenters. The Bertz CT molecular complexity index is 653. The molecule has 2 rings (SSSR count). The SMILES string of the molecule is Nc1ncnc(Oc2ccc(F)cc2Cl)c1[N+](=O)[O-]. The number of anilines is 1. The van der Waals surface area contributed by atoms with E-state index in [4.69, 9.17) is 22.1 Å². The summed E-state index contributed by atoms with van der Waals surface area (Å²) < 4.78 is 18.0. The number of rotatable bonds is 3. The normalized spacial score (nSPS) is 10.2. The van der Waals surface area contributed by atoms with E-state index in [1.165, 1.54) is 6.07 Å². The van der Waals surface area contributed by atoms with Gasteiger partial charge in [0.05, 0.1) is 9.95 Å². The van der Waals surface area contributed by atoms with Gasteiger partial charge in [-0.3, -0.25) is 10.1 Å². The number of hydrogen-bond donors (Lipinski definition) is 1. The van der Waals surface area contributed by atoms with Crippen molar-refractivity contribution in [2.45, 2.75) is 0 Å². The lowest BCUT2D eigenvalue weighted by Gasteiger charge is -2.07. The van der Waals surface area contributed by atoms with E-state index in [1.54, 1.807) is 0 Å². The van der Waals surface area contributed by atoms with Crippen LogP contribution in [0.1, 0.15) is 0 Å². The number of halogens is 2. The van der Waals surface area contributed by atoms with Crippen molar-refractivity contribution < 1.29 is 14.1 Å². The van der Waals surface area contributed by atoms with Gasteiger partial charge in [-0.05, 0) is 18.2 Å². The summed E-state index contributed by atoms with van der Waals surface area (Å²) in [7, 11) is 0. The first kappa shape index (κ1) is 13.0. The molecule has 0 aliphatic rings. The third-order valence-electron chi connectivity index (χ3n) is 2.10. The molecule has 0 aliphatic heterocycles. The van der Waals surface area contributed by atoms with Gasteiger partial charge in [0.1, 0.15) is 17.9 Å². The zero-order chi connectivity index (χ0) is 14.0. The van der Waals surface area contributed by atoms with Crippen molar-refractivity contribution >= 4 is 23.1 Å². The van der Waals surface area contributed by atoms with Gasteiger partial charge in [0.15, 0.2) is 0 Å². The van der Waals surface area contributed by atoms with E-state index in [-0.39, 0.29) is 22.5 Å². The standard InChI is InChI=1S/C10H6ClFN4O3/c11-6-3-5(12)1-2-7(6)19-10-8(16(17)18)9(13)14-4-15-10/h1-4H,(H2,13,14,15). The Labute approximate surface area is 111 Å². The van der Waals surface area contributed by atoms with Crippen molar-refractivity contribution in [3.05, 3.63) is 45.5 Å². The van der Waals surface area contributed by atoms with E-state index in [0.29, 0.717) is 0 Å². The van der Waals surface area contributed by atoms with Crippen LogP contribution < -0.4 is 10.5 Å². The van der Waals surface area contributed by atoms with Crippen LogP contribution in [0.2, 0.25) is 5.02 Å². The third-order valence-corrected chi connectivity index (χ3v) is 2.40. The molecule has 7 nitrogen and oxygen atoms in total. The largest absolute Gasteiger partial charge is 0.432 e. The lowest BCUT2D eigenvalue weighted by molar-refractivity contribution is -0.385. The molecule has 0 bridgehead atoms. The maximum Gasteiger partial charge on any atom is 0.372 e. The minimum Gasteiger partial charge on any atom is -0.432 e. The monoisotopic (exact) mass is 284 g/mol. The Morgan fingerprint density at radius 1 is 1.42 bits per heavy atom. The van der Waals surface area contributed by atoms with Crippen molar-refractivity contribution in [3.63, 3.8) is 0 Å².